The van der Waals surface area contributed by atoms with Crippen molar-refractivity contribution < 1.29 is 9.52 Å². The molecule has 0 radical (unpaired) electrons. The first kappa shape index (κ1) is 14.2. The molecule has 2 N–H and O–H groups in total. The molecular weight excluding hydrogens is 266 g/mol. The Balaban J connectivity index is 1.58. The molecule has 3 rings (SSSR count). The average molecular weight is 287 g/mol. The maximum Gasteiger partial charge on any atom is 0.216 e. The predicted molar refractivity (Wildman–Crippen MR) is 78.9 cm³/mol. The molecule has 0 spiro atoms. The van der Waals surface area contributed by atoms with E-state index in [1.54, 1.807) is 6.92 Å². The molecule has 1 aliphatic rings. The highest BCUT2D eigenvalue weighted by Gasteiger charge is 2.37. The standard InChI is InChI=1S/C16H21N3O2/c1-12-18-19-15(21-12)7-4-10-17-16(11-20)9-8-13-5-2-3-6-14(13)16/h2-3,5-6,17,20H,4,7-11H2,1H3. The van der Waals surface area contributed by atoms with E-state index in [0.717, 1.165) is 32.2 Å². The summed E-state index contributed by atoms with van der Waals surface area (Å²) < 4.78 is 5.36. The molecule has 0 amide bonds. The summed E-state index contributed by atoms with van der Waals surface area (Å²) in [6, 6.07) is 8.37. The van der Waals surface area contributed by atoms with Crippen LogP contribution in [0.4, 0.5) is 0 Å². The topological polar surface area (TPSA) is 71.2 Å². The van der Waals surface area contributed by atoms with Crippen LogP contribution in [0.15, 0.2) is 28.7 Å². The minimum absolute atomic E-state index is 0.129. The lowest BCUT2D eigenvalue weighted by Crippen LogP contribution is -2.44. The highest BCUT2D eigenvalue weighted by atomic mass is 16.4. The molecule has 21 heavy (non-hydrogen) atoms. The van der Waals surface area contributed by atoms with Gasteiger partial charge >= 0.3 is 0 Å². The average Bonchev–Trinajstić information content (AvgIpc) is 3.09. The number of benzene rings is 1. The summed E-state index contributed by atoms with van der Waals surface area (Å²) in [5, 5.41) is 21.2. The normalized spacial score (nSPS) is 20.7. The van der Waals surface area contributed by atoms with Gasteiger partial charge < -0.3 is 14.8 Å². The fourth-order valence-corrected chi connectivity index (χ4v) is 3.10. The quantitative estimate of drug-likeness (QED) is 0.792. The summed E-state index contributed by atoms with van der Waals surface area (Å²) >= 11 is 0. The molecule has 5 heteroatoms. The molecule has 1 heterocycles. The molecule has 1 aromatic heterocycles. The van der Waals surface area contributed by atoms with Crippen molar-refractivity contribution in [2.45, 2.75) is 38.1 Å². The Hall–Kier alpha value is -1.72. The van der Waals surface area contributed by atoms with Gasteiger partial charge in [-0.1, -0.05) is 24.3 Å². The van der Waals surface area contributed by atoms with Crippen LogP contribution in [0, 0.1) is 6.92 Å². The van der Waals surface area contributed by atoms with Crippen molar-refractivity contribution in [3.63, 3.8) is 0 Å². The van der Waals surface area contributed by atoms with E-state index in [2.05, 4.69) is 33.7 Å². The minimum atomic E-state index is -0.290. The zero-order chi connectivity index (χ0) is 14.7. The third-order valence-corrected chi connectivity index (χ3v) is 4.22. The van der Waals surface area contributed by atoms with Gasteiger partial charge in [-0.25, -0.2) is 0 Å². The van der Waals surface area contributed by atoms with Gasteiger partial charge in [-0.15, -0.1) is 10.2 Å². The molecule has 0 saturated carbocycles. The number of aryl methyl sites for hydroxylation is 3. The van der Waals surface area contributed by atoms with Crippen molar-refractivity contribution in [3.05, 3.63) is 47.2 Å². The predicted octanol–water partition coefficient (Wildman–Crippen LogP) is 1.73. The van der Waals surface area contributed by atoms with Crippen LogP contribution in [0.5, 0.6) is 0 Å². The second kappa shape index (κ2) is 5.95. The van der Waals surface area contributed by atoms with Crippen molar-refractivity contribution in [2.75, 3.05) is 13.2 Å². The van der Waals surface area contributed by atoms with E-state index in [4.69, 9.17) is 4.42 Å². The molecule has 1 aliphatic carbocycles. The van der Waals surface area contributed by atoms with Gasteiger partial charge in [0.2, 0.25) is 11.8 Å². The Kier molecular flexibility index (Phi) is 4.03. The highest BCUT2D eigenvalue weighted by molar-refractivity contribution is 5.38. The third kappa shape index (κ3) is 2.84. The van der Waals surface area contributed by atoms with Crippen LogP contribution in [0.2, 0.25) is 0 Å². The lowest BCUT2D eigenvalue weighted by Gasteiger charge is -2.29. The van der Waals surface area contributed by atoms with Gasteiger partial charge in [0.1, 0.15) is 0 Å². The number of hydrogen-bond acceptors (Lipinski definition) is 5. The number of rotatable bonds is 6. The Morgan fingerprint density at radius 1 is 1.33 bits per heavy atom. The number of aliphatic hydroxyl groups excluding tert-OH is 1. The molecule has 1 atom stereocenters. The molecular formula is C16H21N3O2. The first-order valence-corrected chi connectivity index (χ1v) is 7.47. The van der Waals surface area contributed by atoms with Gasteiger partial charge in [0.05, 0.1) is 12.1 Å². The van der Waals surface area contributed by atoms with E-state index in [1.165, 1.54) is 11.1 Å². The summed E-state index contributed by atoms with van der Waals surface area (Å²) in [5.41, 5.74) is 2.29. The highest BCUT2D eigenvalue weighted by Crippen LogP contribution is 2.36. The van der Waals surface area contributed by atoms with E-state index in [1.807, 2.05) is 6.07 Å². The molecule has 112 valence electrons. The first-order chi connectivity index (χ1) is 10.2. The van der Waals surface area contributed by atoms with Gasteiger partial charge in [0.15, 0.2) is 0 Å². The van der Waals surface area contributed by atoms with Gasteiger partial charge in [-0.2, -0.15) is 0 Å². The molecule has 1 unspecified atom stereocenters. The van der Waals surface area contributed by atoms with Crippen LogP contribution >= 0.6 is 0 Å². The van der Waals surface area contributed by atoms with E-state index >= 15 is 0 Å². The number of aliphatic hydroxyl groups is 1. The van der Waals surface area contributed by atoms with Gasteiger partial charge in [-0.05, 0) is 36.9 Å². The molecule has 0 saturated heterocycles. The van der Waals surface area contributed by atoms with E-state index in [9.17, 15) is 5.11 Å². The molecule has 0 aliphatic heterocycles. The second-order valence-corrected chi connectivity index (χ2v) is 5.64. The number of nitrogens with one attached hydrogen (secondary N) is 1. The van der Waals surface area contributed by atoms with Crippen LogP contribution in [-0.2, 0) is 18.4 Å². The molecule has 0 fully saturated rings. The SMILES string of the molecule is Cc1nnc(CCCNC2(CO)CCc3ccccc32)o1. The van der Waals surface area contributed by atoms with Gasteiger partial charge in [-0.3, -0.25) is 0 Å². The van der Waals surface area contributed by atoms with Gasteiger partial charge in [0.25, 0.3) is 0 Å². The van der Waals surface area contributed by atoms with E-state index < -0.39 is 0 Å². The maximum absolute atomic E-state index is 9.88. The zero-order valence-electron chi connectivity index (χ0n) is 12.3. The fraction of sp³-hybridized carbons (Fsp3) is 0.500. The Morgan fingerprint density at radius 3 is 2.95 bits per heavy atom. The van der Waals surface area contributed by atoms with Crippen molar-refractivity contribution in [3.8, 4) is 0 Å². The third-order valence-electron chi connectivity index (χ3n) is 4.22. The monoisotopic (exact) mass is 287 g/mol. The summed E-state index contributed by atoms with van der Waals surface area (Å²) in [5.74, 6) is 1.29. The fourth-order valence-electron chi connectivity index (χ4n) is 3.10. The van der Waals surface area contributed by atoms with E-state index in [0.29, 0.717) is 11.8 Å². The van der Waals surface area contributed by atoms with Crippen molar-refractivity contribution in [1.29, 1.82) is 0 Å². The first-order valence-electron chi connectivity index (χ1n) is 7.47. The maximum atomic E-state index is 9.88. The Labute approximate surface area is 124 Å². The van der Waals surface area contributed by atoms with E-state index in [-0.39, 0.29) is 12.1 Å². The van der Waals surface area contributed by atoms with Crippen molar-refractivity contribution >= 4 is 0 Å². The molecule has 1 aromatic carbocycles. The van der Waals surface area contributed by atoms with Crippen molar-refractivity contribution in [2.24, 2.45) is 0 Å². The molecule has 0 bridgehead atoms. The number of hydrogen-bond donors (Lipinski definition) is 2. The minimum Gasteiger partial charge on any atom is -0.426 e. The summed E-state index contributed by atoms with van der Waals surface area (Å²) in [4.78, 5) is 0. The van der Waals surface area contributed by atoms with Crippen LogP contribution in [-0.4, -0.2) is 28.5 Å². The lowest BCUT2D eigenvalue weighted by atomic mass is 9.92. The number of aromatic nitrogens is 2. The smallest absolute Gasteiger partial charge is 0.216 e. The molecule has 2 aromatic rings. The van der Waals surface area contributed by atoms with Gasteiger partial charge in [0, 0.05) is 13.3 Å². The van der Waals surface area contributed by atoms with Crippen LogP contribution in [0.25, 0.3) is 0 Å². The summed E-state index contributed by atoms with van der Waals surface area (Å²) in [7, 11) is 0. The summed E-state index contributed by atoms with van der Waals surface area (Å²) in [6.45, 7) is 2.74. The number of fused-ring (bicyclic) bond motifs is 1. The lowest BCUT2D eigenvalue weighted by molar-refractivity contribution is 0.160. The molecule has 5 nitrogen and oxygen atoms in total. The summed E-state index contributed by atoms with van der Waals surface area (Å²) in [6.07, 6.45) is 3.64. The van der Waals surface area contributed by atoms with Crippen LogP contribution < -0.4 is 5.32 Å². The van der Waals surface area contributed by atoms with Crippen LogP contribution in [0.1, 0.15) is 35.7 Å². The largest absolute Gasteiger partial charge is 0.426 e. The van der Waals surface area contributed by atoms with Crippen LogP contribution in [0.3, 0.4) is 0 Å². The second-order valence-electron chi connectivity index (χ2n) is 5.64. The van der Waals surface area contributed by atoms with Crippen molar-refractivity contribution in [1.82, 2.24) is 15.5 Å². The Bertz CT molecular complexity index is 611. The number of nitrogens with zero attached hydrogens (tertiary/aromatic N) is 2. The Morgan fingerprint density at radius 2 is 2.19 bits per heavy atom. The zero-order valence-corrected chi connectivity index (χ0v) is 12.3.